The Bertz CT molecular complexity index is 1070. The normalized spacial score (nSPS) is 11.1. The van der Waals surface area contributed by atoms with Crippen molar-refractivity contribution >= 4 is 34.7 Å². The van der Waals surface area contributed by atoms with Crippen molar-refractivity contribution in [3.63, 3.8) is 0 Å². The molecular formula is C20H16N4O2S2. The lowest BCUT2D eigenvalue weighted by Gasteiger charge is -1.99. The summed E-state index contributed by atoms with van der Waals surface area (Å²) in [5.41, 5.74) is 3.56. The van der Waals surface area contributed by atoms with Crippen molar-refractivity contribution in [1.82, 2.24) is 20.0 Å². The smallest absolute Gasteiger partial charge is 0.331 e. The van der Waals surface area contributed by atoms with Crippen molar-refractivity contribution in [2.24, 2.45) is 0 Å². The van der Waals surface area contributed by atoms with E-state index < -0.39 is 5.97 Å². The topological polar surface area (TPSA) is 69.9 Å². The summed E-state index contributed by atoms with van der Waals surface area (Å²) in [4.78, 5) is 16.4. The summed E-state index contributed by atoms with van der Waals surface area (Å²) >= 11 is 3.17. The number of hydrogen-bond donors (Lipinski definition) is 0. The number of nitrogens with zero attached hydrogens (tertiary/aromatic N) is 4. The lowest BCUT2D eigenvalue weighted by Crippen LogP contribution is -2.01. The first-order valence-corrected chi connectivity index (χ1v) is 10.3. The molecule has 0 amide bonds. The molecule has 0 bridgehead atoms. The van der Waals surface area contributed by atoms with Gasteiger partial charge in [0, 0.05) is 22.4 Å². The molecule has 0 fully saturated rings. The number of carbonyl (C=O) groups excluding carboxylic acids is 1. The Labute approximate surface area is 169 Å². The Hall–Kier alpha value is -3.10. The van der Waals surface area contributed by atoms with E-state index in [4.69, 9.17) is 4.74 Å². The molecule has 0 unspecified atom stereocenters. The van der Waals surface area contributed by atoms with E-state index in [-0.39, 0.29) is 6.61 Å². The van der Waals surface area contributed by atoms with Gasteiger partial charge in [-0.2, -0.15) is 11.3 Å². The predicted molar refractivity (Wildman–Crippen MR) is 110 cm³/mol. The van der Waals surface area contributed by atoms with Crippen LogP contribution in [0.4, 0.5) is 0 Å². The minimum Gasteiger partial charge on any atom is -0.456 e. The highest BCUT2D eigenvalue weighted by Gasteiger charge is 2.07. The third-order valence-electron chi connectivity index (χ3n) is 3.82. The summed E-state index contributed by atoms with van der Waals surface area (Å²) in [5, 5.41) is 15.0. The number of hydrogen-bond acceptors (Lipinski definition) is 7. The van der Waals surface area contributed by atoms with E-state index in [9.17, 15) is 4.79 Å². The zero-order chi connectivity index (χ0) is 19.2. The van der Waals surface area contributed by atoms with Crippen LogP contribution < -0.4 is 0 Å². The maximum Gasteiger partial charge on any atom is 0.331 e. The van der Waals surface area contributed by atoms with Crippen LogP contribution >= 0.6 is 22.7 Å². The molecule has 1 aromatic carbocycles. The number of aromatic nitrogens is 4. The molecule has 0 aliphatic heterocycles. The summed E-state index contributed by atoms with van der Waals surface area (Å²) in [6.45, 7) is 0.771. The van der Waals surface area contributed by atoms with Gasteiger partial charge in [0.2, 0.25) is 0 Å². The van der Waals surface area contributed by atoms with Crippen molar-refractivity contribution in [3.05, 3.63) is 81.8 Å². The molecule has 0 saturated heterocycles. The number of thiazole rings is 1. The number of benzene rings is 1. The van der Waals surface area contributed by atoms with Crippen molar-refractivity contribution in [3.8, 4) is 10.6 Å². The van der Waals surface area contributed by atoms with Crippen LogP contribution in [0.25, 0.3) is 16.6 Å². The molecule has 0 saturated carbocycles. The average molecular weight is 409 g/mol. The van der Waals surface area contributed by atoms with E-state index in [0.717, 1.165) is 21.8 Å². The minimum atomic E-state index is -0.442. The Morgan fingerprint density at radius 1 is 1.18 bits per heavy atom. The minimum absolute atomic E-state index is 0.143. The van der Waals surface area contributed by atoms with Crippen molar-refractivity contribution in [2.45, 2.75) is 13.2 Å². The molecule has 3 aromatic heterocycles. The zero-order valence-electron chi connectivity index (χ0n) is 14.8. The van der Waals surface area contributed by atoms with E-state index in [0.29, 0.717) is 12.2 Å². The SMILES string of the molecule is O=C(/C=C/c1cn(Cc2ccccc2)nn1)OCc1csc(-c2ccsc2)n1. The summed E-state index contributed by atoms with van der Waals surface area (Å²) in [6.07, 6.45) is 4.72. The van der Waals surface area contributed by atoms with Crippen molar-refractivity contribution in [1.29, 1.82) is 0 Å². The van der Waals surface area contributed by atoms with Gasteiger partial charge in [-0.3, -0.25) is 0 Å². The molecule has 4 rings (SSSR count). The zero-order valence-corrected chi connectivity index (χ0v) is 16.4. The van der Waals surface area contributed by atoms with Crippen LogP contribution in [0.5, 0.6) is 0 Å². The highest BCUT2D eigenvalue weighted by Crippen LogP contribution is 2.25. The fraction of sp³-hybridized carbons (Fsp3) is 0.100. The molecule has 140 valence electrons. The third kappa shape index (κ3) is 4.79. The summed E-state index contributed by atoms with van der Waals surface area (Å²) in [6, 6.07) is 12.0. The molecule has 4 aromatic rings. The Morgan fingerprint density at radius 2 is 2.07 bits per heavy atom. The van der Waals surface area contributed by atoms with E-state index in [1.165, 1.54) is 17.4 Å². The van der Waals surface area contributed by atoms with E-state index in [1.807, 2.05) is 52.5 Å². The lowest BCUT2D eigenvalue weighted by atomic mass is 10.2. The Kier molecular flexibility index (Phi) is 5.69. The van der Waals surface area contributed by atoms with E-state index in [2.05, 4.69) is 15.3 Å². The van der Waals surface area contributed by atoms with Gasteiger partial charge in [-0.05, 0) is 23.1 Å². The van der Waals surface area contributed by atoms with Gasteiger partial charge in [0.25, 0.3) is 0 Å². The van der Waals surface area contributed by atoms with Crippen LogP contribution in [0.1, 0.15) is 17.0 Å². The molecule has 6 nitrogen and oxygen atoms in total. The number of esters is 1. The van der Waals surface area contributed by atoms with Gasteiger partial charge in [-0.15, -0.1) is 16.4 Å². The van der Waals surface area contributed by atoms with Crippen LogP contribution in [0.15, 0.2) is 64.8 Å². The largest absolute Gasteiger partial charge is 0.456 e. The van der Waals surface area contributed by atoms with Crippen molar-refractivity contribution < 1.29 is 9.53 Å². The predicted octanol–water partition coefficient (Wildman–Crippen LogP) is 4.27. The standard InChI is InChI=1S/C20H16N4O2S2/c25-19(26-12-18-14-28-20(21-18)16-8-9-27-13-16)7-6-17-11-24(23-22-17)10-15-4-2-1-3-5-15/h1-9,11,13-14H,10,12H2/b7-6+. The number of rotatable bonds is 7. The lowest BCUT2D eigenvalue weighted by molar-refractivity contribution is -0.139. The first kappa shape index (κ1) is 18.3. The molecule has 0 radical (unpaired) electrons. The molecule has 0 atom stereocenters. The van der Waals surface area contributed by atoms with Gasteiger partial charge in [-0.25, -0.2) is 14.5 Å². The first-order valence-electron chi connectivity index (χ1n) is 8.52. The number of thiophene rings is 1. The van der Waals surface area contributed by atoms with Gasteiger partial charge in [-0.1, -0.05) is 35.5 Å². The number of ether oxygens (including phenoxy) is 1. The quantitative estimate of drug-likeness (QED) is 0.337. The highest BCUT2D eigenvalue weighted by molar-refractivity contribution is 7.14. The van der Waals surface area contributed by atoms with Crippen LogP contribution in [0, 0.1) is 0 Å². The molecule has 3 heterocycles. The van der Waals surface area contributed by atoms with Gasteiger partial charge < -0.3 is 4.74 Å². The maximum atomic E-state index is 11.9. The molecule has 28 heavy (non-hydrogen) atoms. The van der Waals surface area contributed by atoms with Gasteiger partial charge in [0.1, 0.15) is 17.3 Å². The highest BCUT2D eigenvalue weighted by atomic mass is 32.1. The molecule has 0 spiro atoms. The molecule has 0 aliphatic rings. The van der Waals surface area contributed by atoms with Crippen LogP contribution in [-0.4, -0.2) is 25.9 Å². The fourth-order valence-corrected chi connectivity index (χ4v) is 3.99. The summed E-state index contributed by atoms with van der Waals surface area (Å²) in [5.74, 6) is -0.442. The Morgan fingerprint density at radius 3 is 2.89 bits per heavy atom. The third-order valence-corrected chi connectivity index (χ3v) is 5.44. The van der Waals surface area contributed by atoms with E-state index in [1.54, 1.807) is 28.3 Å². The van der Waals surface area contributed by atoms with Crippen LogP contribution in [0.2, 0.25) is 0 Å². The second kappa shape index (κ2) is 8.73. The first-order chi connectivity index (χ1) is 13.8. The maximum absolute atomic E-state index is 11.9. The van der Waals surface area contributed by atoms with E-state index >= 15 is 0 Å². The molecular weight excluding hydrogens is 392 g/mol. The second-order valence-corrected chi connectivity index (χ2v) is 7.56. The Balaban J connectivity index is 1.28. The molecule has 8 heteroatoms. The summed E-state index contributed by atoms with van der Waals surface area (Å²) < 4.78 is 6.97. The van der Waals surface area contributed by atoms with Crippen molar-refractivity contribution in [2.75, 3.05) is 0 Å². The fourth-order valence-electron chi connectivity index (χ4n) is 2.48. The van der Waals surface area contributed by atoms with Gasteiger partial charge in [0.15, 0.2) is 0 Å². The number of carbonyl (C=O) groups is 1. The second-order valence-electron chi connectivity index (χ2n) is 5.92. The van der Waals surface area contributed by atoms with Crippen LogP contribution in [0.3, 0.4) is 0 Å². The van der Waals surface area contributed by atoms with Crippen LogP contribution in [-0.2, 0) is 22.7 Å². The molecule has 0 N–H and O–H groups in total. The average Bonchev–Trinajstić information content (AvgIpc) is 3.47. The monoisotopic (exact) mass is 408 g/mol. The van der Waals surface area contributed by atoms with Gasteiger partial charge >= 0.3 is 5.97 Å². The molecule has 0 aliphatic carbocycles. The van der Waals surface area contributed by atoms with Gasteiger partial charge in [0.05, 0.1) is 18.4 Å². The summed E-state index contributed by atoms with van der Waals surface area (Å²) in [7, 11) is 0.